The summed E-state index contributed by atoms with van der Waals surface area (Å²) in [6.45, 7) is 0.273. The largest absolute Gasteiger partial charge is 0.481 e. The summed E-state index contributed by atoms with van der Waals surface area (Å²) in [6, 6.07) is 22.0. The van der Waals surface area contributed by atoms with Crippen molar-refractivity contribution in [3.63, 3.8) is 0 Å². The summed E-state index contributed by atoms with van der Waals surface area (Å²) < 4.78 is 12.7. The predicted molar refractivity (Wildman–Crippen MR) is 152 cm³/mol. The predicted octanol–water partition coefficient (Wildman–Crippen LogP) is 5.09. The first kappa shape index (κ1) is 30.3. The molecule has 1 amide bonds. The number of rotatable bonds is 13. The van der Waals surface area contributed by atoms with Crippen LogP contribution < -0.4 is 5.32 Å². The number of hydrogen-bond acceptors (Lipinski definition) is 7. The van der Waals surface area contributed by atoms with Crippen molar-refractivity contribution >= 4 is 29.6 Å². The van der Waals surface area contributed by atoms with E-state index in [0.29, 0.717) is 30.0 Å². The zero-order valence-corrected chi connectivity index (χ0v) is 23.2. The van der Waals surface area contributed by atoms with Crippen LogP contribution in [0, 0.1) is 0 Å². The van der Waals surface area contributed by atoms with E-state index in [0.717, 1.165) is 22.3 Å². The van der Waals surface area contributed by atoms with Crippen LogP contribution in [0.25, 0.3) is 0 Å². The van der Waals surface area contributed by atoms with E-state index in [1.807, 2.05) is 54.6 Å². The Morgan fingerprint density at radius 3 is 2.22 bits per heavy atom. The molecule has 0 unspecified atom stereocenters. The van der Waals surface area contributed by atoms with Gasteiger partial charge >= 0.3 is 11.9 Å². The number of carboxylic acids is 2. The number of hydrogen-bond donors (Lipinski definition) is 4. The maximum absolute atomic E-state index is 12.0. The maximum Gasteiger partial charge on any atom is 0.336 e. The molecule has 1 aliphatic heterocycles. The Kier molecular flexibility index (Phi) is 10.9. The molecule has 3 atom stereocenters. The summed E-state index contributed by atoms with van der Waals surface area (Å²) >= 11 is 1.43. The normalized spacial score (nSPS) is 18.5. The molecule has 1 fully saturated rings. The van der Waals surface area contributed by atoms with Crippen molar-refractivity contribution in [2.45, 2.75) is 62.2 Å². The molecule has 0 spiro atoms. The van der Waals surface area contributed by atoms with Gasteiger partial charge < -0.3 is 30.1 Å². The second-order valence-electron chi connectivity index (χ2n) is 9.73. The van der Waals surface area contributed by atoms with Crippen molar-refractivity contribution < 1.29 is 39.2 Å². The lowest BCUT2D eigenvalue weighted by Gasteiger charge is -2.36. The van der Waals surface area contributed by atoms with Crippen LogP contribution in [0.4, 0.5) is 0 Å². The fourth-order valence-corrected chi connectivity index (χ4v) is 5.52. The molecule has 0 aliphatic carbocycles. The topological polar surface area (TPSA) is 142 Å². The number of aliphatic carboxylic acids is 1. The van der Waals surface area contributed by atoms with Gasteiger partial charge in [-0.15, -0.1) is 11.8 Å². The van der Waals surface area contributed by atoms with Gasteiger partial charge in [-0.2, -0.15) is 0 Å². The number of thioether (sulfide) groups is 1. The van der Waals surface area contributed by atoms with Crippen LogP contribution in [-0.4, -0.2) is 45.0 Å². The number of amides is 1. The fourth-order valence-electron chi connectivity index (χ4n) is 4.46. The average Bonchev–Trinajstić information content (AvgIpc) is 2.99. The van der Waals surface area contributed by atoms with E-state index < -0.39 is 18.2 Å². The third-order valence-corrected chi connectivity index (χ3v) is 7.90. The minimum Gasteiger partial charge on any atom is -0.481 e. The Labute approximate surface area is 242 Å². The summed E-state index contributed by atoms with van der Waals surface area (Å²) in [4.78, 5) is 34.9. The molecule has 0 aromatic heterocycles. The highest BCUT2D eigenvalue weighted by Gasteiger charge is 2.32. The Bertz CT molecular complexity index is 1330. The molecular formula is C31H33NO8S. The highest BCUT2D eigenvalue weighted by Crippen LogP contribution is 2.39. The van der Waals surface area contributed by atoms with Crippen LogP contribution >= 0.6 is 11.8 Å². The van der Waals surface area contributed by atoms with Crippen LogP contribution in [0.1, 0.15) is 70.7 Å². The minimum absolute atomic E-state index is 0.0400. The lowest BCUT2D eigenvalue weighted by Crippen LogP contribution is -2.31. The van der Waals surface area contributed by atoms with Gasteiger partial charge in [0.15, 0.2) is 6.29 Å². The van der Waals surface area contributed by atoms with E-state index in [2.05, 4.69) is 5.32 Å². The van der Waals surface area contributed by atoms with E-state index in [9.17, 15) is 24.6 Å². The first-order chi connectivity index (χ1) is 19.8. The Morgan fingerprint density at radius 2 is 1.54 bits per heavy atom. The number of benzene rings is 3. The molecule has 4 N–H and O–H groups in total. The summed E-state index contributed by atoms with van der Waals surface area (Å²) in [7, 11) is 0. The van der Waals surface area contributed by atoms with Crippen molar-refractivity contribution in [2.75, 3.05) is 5.75 Å². The molecular weight excluding hydrogens is 546 g/mol. The molecule has 10 heteroatoms. The minimum atomic E-state index is -0.975. The highest BCUT2D eigenvalue weighted by atomic mass is 32.2. The molecule has 3 aromatic carbocycles. The average molecular weight is 580 g/mol. The van der Waals surface area contributed by atoms with Gasteiger partial charge in [-0.25, -0.2) is 4.79 Å². The zero-order valence-electron chi connectivity index (χ0n) is 22.4. The van der Waals surface area contributed by atoms with E-state index in [1.165, 1.54) is 11.8 Å². The van der Waals surface area contributed by atoms with Crippen molar-refractivity contribution in [3.05, 3.63) is 101 Å². The summed E-state index contributed by atoms with van der Waals surface area (Å²) in [6.07, 6.45) is -0.178. The van der Waals surface area contributed by atoms with Gasteiger partial charge in [0, 0.05) is 42.0 Å². The molecule has 1 saturated heterocycles. The first-order valence-corrected chi connectivity index (χ1v) is 14.3. The molecule has 1 heterocycles. The zero-order chi connectivity index (χ0) is 29.2. The first-order valence-electron chi connectivity index (χ1n) is 13.4. The van der Waals surface area contributed by atoms with Crippen molar-refractivity contribution in [1.82, 2.24) is 5.32 Å². The van der Waals surface area contributed by atoms with Crippen molar-refractivity contribution in [3.8, 4) is 0 Å². The number of aliphatic hydroxyl groups excluding tert-OH is 1. The number of aromatic carboxylic acids is 1. The van der Waals surface area contributed by atoms with E-state index in [4.69, 9.17) is 14.6 Å². The standard InChI is InChI=1S/C31H33NO8S/c33-18-21-10-12-22(13-11-21)26-16-24(19-41-27-5-2-1-4-25(27)30(37)38)39-31(40-26)23-14-8-20(9-15-23)17-32-28(34)6-3-7-29(35)36/h1-2,4-5,8-15,24,26,31,33H,3,6-7,16-19H2,(H,32,34)(H,35,36)(H,37,38)/t24-,26+,31+/m0/s1. The molecule has 1 aliphatic rings. The van der Waals surface area contributed by atoms with E-state index >= 15 is 0 Å². The van der Waals surface area contributed by atoms with Crippen LogP contribution in [0.2, 0.25) is 0 Å². The molecule has 0 saturated carbocycles. The van der Waals surface area contributed by atoms with Crippen LogP contribution in [0.5, 0.6) is 0 Å². The van der Waals surface area contributed by atoms with Crippen LogP contribution in [-0.2, 0) is 32.2 Å². The third-order valence-electron chi connectivity index (χ3n) is 6.69. The second kappa shape index (κ2) is 14.8. The maximum atomic E-state index is 12.0. The lowest BCUT2D eigenvalue weighted by molar-refractivity contribution is -0.245. The van der Waals surface area contributed by atoms with Gasteiger partial charge in [-0.05, 0) is 35.2 Å². The summed E-state index contributed by atoms with van der Waals surface area (Å²) in [5.41, 5.74) is 3.70. The van der Waals surface area contributed by atoms with E-state index in [1.54, 1.807) is 18.2 Å². The number of carboxylic acid groups (broad SMARTS) is 2. The van der Waals surface area contributed by atoms with Crippen LogP contribution in [0.3, 0.4) is 0 Å². The Hall–Kier alpha value is -3.70. The van der Waals surface area contributed by atoms with Gasteiger partial charge in [-0.1, -0.05) is 60.7 Å². The second-order valence-corrected chi connectivity index (χ2v) is 10.8. The third kappa shape index (κ3) is 8.89. The highest BCUT2D eigenvalue weighted by molar-refractivity contribution is 7.99. The van der Waals surface area contributed by atoms with Gasteiger partial charge in [0.05, 0.1) is 24.4 Å². The number of carbonyl (C=O) groups excluding carboxylic acids is 1. The lowest BCUT2D eigenvalue weighted by atomic mass is 10.0. The van der Waals surface area contributed by atoms with E-state index in [-0.39, 0.29) is 43.1 Å². The monoisotopic (exact) mass is 579 g/mol. The molecule has 9 nitrogen and oxygen atoms in total. The molecule has 0 radical (unpaired) electrons. The molecule has 3 aromatic rings. The number of ether oxygens (including phenoxy) is 2. The van der Waals surface area contributed by atoms with Gasteiger partial charge in [0.2, 0.25) is 5.91 Å². The van der Waals surface area contributed by atoms with Crippen molar-refractivity contribution in [2.24, 2.45) is 0 Å². The van der Waals surface area contributed by atoms with Gasteiger partial charge in [-0.3, -0.25) is 9.59 Å². The Balaban J connectivity index is 1.44. The smallest absolute Gasteiger partial charge is 0.336 e. The molecule has 0 bridgehead atoms. The molecule has 41 heavy (non-hydrogen) atoms. The Morgan fingerprint density at radius 1 is 0.854 bits per heavy atom. The molecule has 216 valence electrons. The van der Waals surface area contributed by atoms with Crippen LogP contribution in [0.15, 0.2) is 77.7 Å². The fraction of sp³-hybridized carbons (Fsp3) is 0.323. The number of carbonyl (C=O) groups is 3. The van der Waals surface area contributed by atoms with Crippen molar-refractivity contribution in [1.29, 1.82) is 0 Å². The SMILES string of the molecule is O=C(O)CCCC(=O)NCc1ccc([C@@H]2O[C@H](CSc3ccccc3C(=O)O)C[C@H](c3ccc(CO)cc3)O2)cc1. The summed E-state index contributed by atoms with van der Waals surface area (Å²) in [5, 5.41) is 30.5. The quantitative estimate of drug-likeness (QED) is 0.204. The van der Waals surface area contributed by atoms with Gasteiger partial charge in [0.25, 0.3) is 0 Å². The molecule has 4 rings (SSSR count). The number of nitrogens with one attached hydrogen (secondary N) is 1. The van der Waals surface area contributed by atoms with Gasteiger partial charge in [0.1, 0.15) is 0 Å². The number of aliphatic hydroxyl groups is 1. The summed E-state index contributed by atoms with van der Waals surface area (Å²) in [5.74, 6) is -1.57.